The molecule has 2 aromatic rings. The first-order valence-electron chi connectivity index (χ1n) is 6.94. The van der Waals surface area contributed by atoms with Crippen LogP contribution in [0.25, 0.3) is 5.57 Å². The summed E-state index contributed by atoms with van der Waals surface area (Å²) in [5.74, 6) is 0.276. The van der Waals surface area contributed by atoms with E-state index < -0.39 is 5.97 Å². The van der Waals surface area contributed by atoms with Gasteiger partial charge in [0.05, 0.1) is 25.0 Å². The van der Waals surface area contributed by atoms with E-state index in [1.54, 1.807) is 0 Å². The molecule has 2 aromatic carbocycles. The summed E-state index contributed by atoms with van der Waals surface area (Å²) >= 11 is 3.45. The van der Waals surface area contributed by atoms with Crippen molar-refractivity contribution in [3.05, 3.63) is 70.4 Å². The molecule has 23 heavy (non-hydrogen) atoms. The van der Waals surface area contributed by atoms with Crippen molar-refractivity contribution in [1.82, 2.24) is 0 Å². The topological polar surface area (TPSA) is 44.8 Å². The molecule has 0 fully saturated rings. The lowest BCUT2D eigenvalue weighted by Gasteiger charge is -2.13. The second kappa shape index (κ2) is 8.39. The van der Waals surface area contributed by atoms with Gasteiger partial charge in [-0.2, -0.15) is 0 Å². The van der Waals surface area contributed by atoms with Crippen molar-refractivity contribution >= 4 is 27.5 Å². The molecular weight excluding hydrogens is 360 g/mol. The third-order valence-electron chi connectivity index (χ3n) is 3.17. The van der Waals surface area contributed by atoms with E-state index in [1.807, 2.05) is 48.5 Å². The third kappa shape index (κ3) is 4.36. The highest BCUT2D eigenvalue weighted by atomic mass is 79.9. The van der Waals surface area contributed by atoms with Crippen LogP contribution in [0.15, 0.2) is 59.3 Å². The highest BCUT2D eigenvalue weighted by molar-refractivity contribution is 9.10. The van der Waals surface area contributed by atoms with Gasteiger partial charge < -0.3 is 14.2 Å². The van der Waals surface area contributed by atoms with Gasteiger partial charge in [-0.15, -0.1) is 0 Å². The maximum Gasteiger partial charge on any atom is 0.341 e. The molecule has 5 heteroatoms. The Balaban J connectivity index is 2.28. The van der Waals surface area contributed by atoms with Crippen LogP contribution < -0.4 is 4.74 Å². The summed E-state index contributed by atoms with van der Waals surface area (Å²) in [6.45, 7) is 0.316. The van der Waals surface area contributed by atoms with Crippen LogP contribution in [0.1, 0.15) is 11.1 Å². The van der Waals surface area contributed by atoms with E-state index in [-0.39, 0.29) is 0 Å². The van der Waals surface area contributed by atoms with Gasteiger partial charge in [-0.1, -0.05) is 36.4 Å². The van der Waals surface area contributed by atoms with Crippen LogP contribution in [0.5, 0.6) is 5.75 Å². The van der Waals surface area contributed by atoms with E-state index in [2.05, 4.69) is 15.9 Å². The van der Waals surface area contributed by atoms with Crippen molar-refractivity contribution in [2.24, 2.45) is 0 Å². The Hall–Kier alpha value is -2.27. The standard InChI is InChI=1S/C18H17BrO4/c1-21-12-15(18(20)22-2)14-8-4-3-7-13(14)11-23-17-10-6-5-9-16(17)19/h3-10,12H,11H2,1-2H3/b15-12+. The zero-order valence-electron chi connectivity index (χ0n) is 12.9. The monoisotopic (exact) mass is 376 g/mol. The SMILES string of the molecule is CO/C=C(/C(=O)OC)c1ccccc1COc1ccccc1Br. The molecule has 0 heterocycles. The molecule has 0 aliphatic rings. The Labute approximate surface area is 143 Å². The number of carbonyl (C=O) groups is 1. The zero-order valence-corrected chi connectivity index (χ0v) is 14.5. The molecule has 0 unspecified atom stereocenters. The molecule has 0 bridgehead atoms. The first-order valence-corrected chi connectivity index (χ1v) is 7.73. The number of ether oxygens (including phenoxy) is 3. The van der Waals surface area contributed by atoms with Gasteiger partial charge in [0, 0.05) is 0 Å². The van der Waals surface area contributed by atoms with Gasteiger partial charge in [-0.25, -0.2) is 4.79 Å². The predicted molar refractivity (Wildman–Crippen MR) is 91.9 cm³/mol. The number of methoxy groups -OCH3 is 2. The van der Waals surface area contributed by atoms with Gasteiger partial charge >= 0.3 is 5.97 Å². The maximum atomic E-state index is 12.0. The van der Waals surface area contributed by atoms with E-state index in [9.17, 15) is 4.79 Å². The molecule has 0 N–H and O–H groups in total. The molecular formula is C18H17BrO4. The minimum atomic E-state index is -0.458. The molecule has 0 spiro atoms. The van der Waals surface area contributed by atoms with Crippen molar-refractivity contribution in [3.63, 3.8) is 0 Å². The number of rotatable bonds is 6. The third-order valence-corrected chi connectivity index (χ3v) is 3.82. The summed E-state index contributed by atoms with van der Waals surface area (Å²) in [6.07, 6.45) is 1.38. The smallest absolute Gasteiger partial charge is 0.341 e. The van der Waals surface area contributed by atoms with E-state index in [1.165, 1.54) is 20.5 Å². The molecule has 0 aliphatic carbocycles. The van der Waals surface area contributed by atoms with Gasteiger partial charge in [0.25, 0.3) is 0 Å². The maximum absolute atomic E-state index is 12.0. The Morgan fingerprint density at radius 1 is 1.09 bits per heavy atom. The molecule has 2 rings (SSSR count). The van der Waals surface area contributed by atoms with Crippen molar-refractivity contribution in [3.8, 4) is 5.75 Å². The first-order chi connectivity index (χ1) is 11.2. The summed E-state index contributed by atoms with van der Waals surface area (Å²) in [5.41, 5.74) is 1.92. The van der Waals surface area contributed by atoms with Gasteiger partial charge in [0.15, 0.2) is 0 Å². The average Bonchev–Trinajstić information content (AvgIpc) is 2.59. The summed E-state index contributed by atoms with van der Waals surface area (Å²) < 4.78 is 16.5. The predicted octanol–water partition coefficient (Wildman–Crippen LogP) is 4.19. The number of esters is 1. The number of hydrogen-bond donors (Lipinski definition) is 0. The fourth-order valence-corrected chi connectivity index (χ4v) is 2.47. The van der Waals surface area contributed by atoms with Crippen LogP contribution in [0.2, 0.25) is 0 Å². The molecule has 0 saturated carbocycles. The largest absolute Gasteiger partial charge is 0.503 e. The lowest BCUT2D eigenvalue weighted by Crippen LogP contribution is -2.08. The highest BCUT2D eigenvalue weighted by Gasteiger charge is 2.17. The van der Waals surface area contributed by atoms with Gasteiger partial charge in [-0.3, -0.25) is 0 Å². The summed E-state index contributed by atoms with van der Waals surface area (Å²) in [6, 6.07) is 15.1. The normalized spacial score (nSPS) is 11.0. The average molecular weight is 377 g/mol. The van der Waals surface area contributed by atoms with E-state index >= 15 is 0 Å². The van der Waals surface area contributed by atoms with Crippen LogP contribution in [-0.2, 0) is 20.9 Å². The lowest BCUT2D eigenvalue weighted by atomic mass is 10.0. The molecule has 0 radical (unpaired) electrons. The molecule has 120 valence electrons. The fraction of sp³-hybridized carbons (Fsp3) is 0.167. The Morgan fingerprint density at radius 2 is 1.78 bits per heavy atom. The van der Waals surface area contributed by atoms with Crippen molar-refractivity contribution in [2.75, 3.05) is 14.2 Å². The number of hydrogen-bond acceptors (Lipinski definition) is 4. The van der Waals surface area contributed by atoms with E-state index in [0.717, 1.165) is 15.8 Å². The van der Waals surface area contributed by atoms with E-state index in [4.69, 9.17) is 14.2 Å². The minimum absolute atomic E-state index is 0.316. The molecule has 0 saturated heterocycles. The Kier molecular flexibility index (Phi) is 6.23. The minimum Gasteiger partial charge on any atom is -0.503 e. The Bertz CT molecular complexity index is 710. The van der Waals surface area contributed by atoms with Crippen molar-refractivity contribution < 1.29 is 19.0 Å². The summed E-state index contributed by atoms with van der Waals surface area (Å²) in [5, 5.41) is 0. The fourth-order valence-electron chi connectivity index (χ4n) is 2.08. The molecule has 0 aliphatic heterocycles. The van der Waals surface area contributed by atoms with Gasteiger partial charge in [-0.05, 0) is 39.2 Å². The van der Waals surface area contributed by atoms with Crippen LogP contribution in [0.4, 0.5) is 0 Å². The van der Waals surface area contributed by atoms with Crippen LogP contribution >= 0.6 is 15.9 Å². The van der Waals surface area contributed by atoms with Crippen LogP contribution in [0.3, 0.4) is 0 Å². The van der Waals surface area contributed by atoms with E-state index in [0.29, 0.717) is 17.7 Å². The van der Waals surface area contributed by atoms with Gasteiger partial charge in [0.1, 0.15) is 17.9 Å². The molecule has 0 atom stereocenters. The number of para-hydroxylation sites is 1. The zero-order chi connectivity index (χ0) is 16.7. The first kappa shape index (κ1) is 17.1. The molecule has 4 nitrogen and oxygen atoms in total. The van der Waals surface area contributed by atoms with Crippen molar-refractivity contribution in [1.29, 1.82) is 0 Å². The second-order valence-corrected chi connectivity index (χ2v) is 5.49. The summed E-state index contributed by atoms with van der Waals surface area (Å²) in [7, 11) is 2.83. The Morgan fingerprint density at radius 3 is 2.48 bits per heavy atom. The van der Waals surface area contributed by atoms with Crippen LogP contribution in [-0.4, -0.2) is 20.2 Å². The molecule has 0 aromatic heterocycles. The summed E-state index contributed by atoms with van der Waals surface area (Å²) in [4.78, 5) is 12.0. The number of carbonyl (C=O) groups excluding carboxylic acids is 1. The van der Waals surface area contributed by atoms with Crippen LogP contribution in [0, 0.1) is 0 Å². The number of benzene rings is 2. The quantitative estimate of drug-likeness (QED) is 0.430. The second-order valence-electron chi connectivity index (χ2n) is 4.64. The highest BCUT2D eigenvalue weighted by Crippen LogP contribution is 2.27. The number of halogens is 1. The lowest BCUT2D eigenvalue weighted by molar-refractivity contribution is -0.133. The van der Waals surface area contributed by atoms with Crippen molar-refractivity contribution in [2.45, 2.75) is 6.61 Å². The van der Waals surface area contributed by atoms with Gasteiger partial charge in [0.2, 0.25) is 0 Å². The molecule has 0 amide bonds.